The molecule has 0 bridgehead atoms. The van der Waals surface area contributed by atoms with Crippen molar-refractivity contribution in [1.29, 1.82) is 0 Å². The summed E-state index contributed by atoms with van der Waals surface area (Å²) in [6.07, 6.45) is 13.4. The van der Waals surface area contributed by atoms with Crippen LogP contribution in [0.2, 0.25) is 0 Å². The predicted molar refractivity (Wildman–Crippen MR) is 107 cm³/mol. The molecule has 8 nitrogen and oxygen atoms in total. The van der Waals surface area contributed by atoms with Gasteiger partial charge in [0.25, 0.3) is 0 Å². The van der Waals surface area contributed by atoms with Crippen LogP contribution in [0, 0.1) is 0 Å². The lowest BCUT2D eigenvalue weighted by atomic mass is 10.2. The number of aromatic nitrogens is 2. The monoisotopic (exact) mass is 391 g/mol. The number of hydrogen-bond donors (Lipinski definition) is 3. The van der Waals surface area contributed by atoms with Crippen LogP contribution in [0.25, 0.3) is 22.8 Å². The second-order valence-corrected chi connectivity index (χ2v) is 6.07. The highest BCUT2D eigenvalue weighted by atomic mass is 16.5. The van der Waals surface area contributed by atoms with Gasteiger partial charge in [-0.15, -0.1) is 0 Å². The molecule has 146 valence electrons. The topological polar surface area (TPSA) is 121 Å². The molecule has 0 fully saturated rings. The number of aromatic hydroxyl groups is 1. The minimum atomic E-state index is -0.816. The summed E-state index contributed by atoms with van der Waals surface area (Å²) in [5.41, 5.74) is 1.76. The SMILES string of the molecule is O=C(OCCO)c1c(O)c(=Cc2c[nH]c3ncccc23)oc1=C1C=CC=CC=N1. The Kier molecular flexibility index (Phi) is 5.08. The van der Waals surface area contributed by atoms with E-state index >= 15 is 0 Å². The molecule has 0 aliphatic carbocycles. The molecule has 0 saturated carbocycles. The molecule has 0 spiro atoms. The van der Waals surface area contributed by atoms with Gasteiger partial charge < -0.3 is 24.4 Å². The van der Waals surface area contributed by atoms with Crippen LogP contribution >= 0.6 is 0 Å². The summed E-state index contributed by atoms with van der Waals surface area (Å²) >= 11 is 0. The molecule has 8 heteroatoms. The van der Waals surface area contributed by atoms with Gasteiger partial charge in [0.15, 0.2) is 22.1 Å². The third-order valence-electron chi connectivity index (χ3n) is 4.22. The van der Waals surface area contributed by atoms with Crippen molar-refractivity contribution in [2.75, 3.05) is 13.2 Å². The molecule has 4 rings (SSSR count). The van der Waals surface area contributed by atoms with Gasteiger partial charge in [-0.3, -0.25) is 4.99 Å². The number of fused-ring (bicyclic) bond motifs is 1. The molecule has 0 unspecified atom stereocenters. The number of nitrogens with one attached hydrogen (secondary N) is 1. The number of esters is 1. The van der Waals surface area contributed by atoms with Crippen molar-refractivity contribution in [3.63, 3.8) is 0 Å². The summed E-state index contributed by atoms with van der Waals surface area (Å²) in [6.45, 7) is -0.536. The van der Waals surface area contributed by atoms with Crippen LogP contribution in [0.4, 0.5) is 0 Å². The van der Waals surface area contributed by atoms with Crippen LogP contribution in [0.5, 0.6) is 5.75 Å². The second-order valence-electron chi connectivity index (χ2n) is 6.07. The Morgan fingerprint density at radius 3 is 3.07 bits per heavy atom. The maximum Gasteiger partial charge on any atom is 0.346 e. The van der Waals surface area contributed by atoms with Gasteiger partial charge in [0, 0.05) is 29.6 Å². The first kappa shape index (κ1) is 18.5. The number of hydrogen-bond acceptors (Lipinski definition) is 7. The van der Waals surface area contributed by atoms with Crippen molar-refractivity contribution < 1.29 is 24.2 Å². The van der Waals surface area contributed by atoms with E-state index in [4.69, 9.17) is 14.3 Å². The van der Waals surface area contributed by atoms with E-state index in [-0.39, 0.29) is 35.4 Å². The number of nitrogens with zero attached hydrogens (tertiary/aromatic N) is 2. The molecule has 0 radical (unpaired) electrons. The normalized spacial score (nSPS) is 15.8. The van der Waals surface area contributed by atoms with Crippen molar-refractivity contribution in [1.82, 2.24) is 9.97 Å². The summed E-state index contributed by atoms with van der Waals surface area (Å²) in [5, 5.41) is 20.5. The van der Waals surface area contributed by atoms with E-state index in [0.29, 0.717) is 11.3 Å². The maximum absolute atomic E-state index is 12.5. The quantitative estimate of drug-likeness (QED) is 0.574. The molecule has 1 aliphatic heterocycles. The molecule has 1 aliphatic rings. The molecule has 3 aromatic heterocycles. The van der Waals surface area contributed by atoms with Crippen LogP contribution in [0.15, 0.2) is 58.2 Å². The van der Waals surface area contributed by atoms with Gasteiger partial charge in [-0.2, -0.15) is 0 Å². The second kappa shape index (κ2) is 7.99. The van der Waals surface area contributed by atoms with E-state index in [1.807, 2.05) is 6.07 Å². The van der Waals surface area contributed by atoms with Gasteiger partial charge in [0.1, 0.15) is 18.0 Å². The van der Waals surface area contributed by atoms with Crippen LogP contribution < -0.4 is 10.8 Å². The van der Waals surface area contributed by atoms with Gasteiger partial charge in [-0.05, 0) is 30.4 Å². The highest BCUT2D eigenvalue weighted by molar-refractivity contribution is 5.94. The lowest BCUT2D eigenvalue weighted by Crippen LogP contribution is -2.17. The number of pyridine rings is 1. The molecule has 3 aromatic rings. The van der Waals surface area contributed by atoms with Gasteiger partial charge >= 0.3 is 5.97 Å². The van der Waals surface area contributed by atoms with Gasteiger partial charge in [0.2, 0.25) is 0 Å². The zero-order valence-corrected chi connectivity index (χ0v) is 15.2. The van der Waals surface area contributed by atoms with Crippen LogP contribution in [-0.2, 0) is 4.74 Å². The number of ether oxygens (including phenoxy) is 1. The Morgan fingerprint density at radius 2 is 2.21 bits per heavy atom. The fourth-order valence-corrected chi connectivity index (χ4v) is 2.92. The summed E-state index contributed by atoms with van der Waals surface area (Å²) in [4.78, 5) is 24.0. The number of aliphatic hydroxyl groups is 1. The molecular weight excluding hydrogens is 374 g/mol. The number of carbonyl (C=O) groups is 1. The molecule has 0 atom stereocenters. The highest BCUT2D eigenvalue weighted by Crippen LogP contribution is 2.18. The Labute approximate surface area is 164 Å². The zero-order valence-electron chi connectivity index (χ0n) is 15.2. The summed E-state index contributed by atoms with van der Waals surface area (Å²) in [7, 11) is 0. The largest absolute Gasteiger partial charge is 0.504 e. The minimum Gasteiger partial charge on any atom is -0.504 e. The van der Waals surface area contributed by atoms with Crippen molar-refractivity contribution >= 4 is 35.0 Å². The van der Waals surface area contributed by atoms with Crippen molar-refractivity contribution in [3.8, 4) is 5.75 Å². The molecule has 4 heterocycles. The maximum atomic E-state index is 12.5. The number of aliphatic imine (C=N–C) groups is 1. The lowest BCUT2D eigenvalue weighted by molar-refractivity contribution is 0.0428. The molecular formula is C21H17N3O5. The Hall–Kier alpha value is -3.91. The Morgan fingerprint density at radius 1 is 1.31 bits per heavy atom. The first-order valence-electron chi connectivity index (χ1n) is 8.84. The first-order valence-corrected chi connectivity index (χ1v) is 8.84. The van der Waals surface area contributed by atoms with E-state index in [9.17, 15) is 9.90 Å². The van der Waals surface area contributed by atoms with E-state index in [1.54, 1.807) is 55.1 Å². The molecule has 3 N–H and O–H groups in total. The van der Waals surface area contributed by atoms with E-state index in [2.05, 4.69) is 15.0 Å². The fraction of sp³-hybridized carbons (Fsp3) is 0.0952. The van der Waals surface area contributed by atoms with E-state index in [0.717, 1.165) is 10.9 Å². The van der Waals surface area contributed by atoms with E-state index < -0.39 is 5.97 Å². The average molecular weight is 391 g/mol. The Balaban J connectivity index is 1.95. The minimum absolute atomic E-state index is 0.0749. The van der Waals surface area contributed by atoms with Gasteiger partial charge in [-0.25, -0.2) is 9.78 Å². The Bertz CT molecular complexity index is 1260. The smallest absolute Gasteiger partial charge is 0.346 e. The standard InChI is InChI=1S/C21H17N3O5/c25-9-10-28-21(27)17-18(26)16(29-19(17)15-6-2-1-3-7-22-15)11-13-12-24-20-14(13)5-4-8-23-20/h1-8,11-12,25-26H,9-10H2,(H,23,24). The van der Waals surface area contributed by atoms with Crippen molar-refractivity contribution in [2.24, 2.45) is 4.99 Å². The number of aliphatic hydroxyl groups excluding tert-OH is 1. The highest BCUT2D eigenvalue weighted by Gasteiger charge is 2.22. The van der Waals surface area contributed by atoms with Gasteiger partial charge in [0.05, 0.1) is 6.61 Å². The summed E-state index contributed by atoms with van der Waals surface area (Å²) in [5.74, 6) is -1.18. The molecule has 0 saturated heterocycles. The summed E-state index contributed by atoms with van der Waals surface area (Å²) < 4.78 is 10.8. The van der Waals surface area contributed by atoms with Crippen LogP contribution in [0.3, 0.4) is 0 Å². The fourth-order valence-electron chi connectivity index (χ4n) is 2.92. The number of furan rings is 1. The average Bonchev–Trinajstić information content (AvgIpc) is 3.15. The first-order chi connectivity index (χ1) is 14.2. The zero-order chi connectivity index (χ0) is 20.2. The number of rotatable bonds is 4. The lowest BCUT2D eigenvalue weighted by Gasteiger charge is -2.01. The number of aromatic amines is 1. The number of carbonyl (C=O) groups excluding carboxylic acids is 1. The third-order valence-corrected chi connectivity index (χ3v) is 4.22. The van der Waals surface area contributed by atoms with Crippen LogP contribution in [0.1, 0.15) is 15.9 Å². The molecule has 29 heavy (non-hydrogen) atoms. The van der Waals surface area contributed by atoms with Gasteiger partial charge in [-0.1, -0.05) is 12.2 Å². The van der Waals surface area contributed by atoms with Crippen molar-refractivity contribution in [2.45, 2.75) is 0 Å². The van der Waals surface area contributed by atoms with E-state index in [1.165, 1.54) is 0 Å². The number of allylic oxidation sites excluding steroid dienone is 3. The molecule has 0 aromatic carbocycles. The summed E-state index contributed by atoms with van der Waals surface area (Å²) in [6, 6.07) is 3.67. The molecule has 0 amide bonds. The van der Waals surface area contributed by atoms with Crippen molar-refractivity contribution in [3.05, 3.63) is 70.8 Å². The van der Waals surface area contributed by atoms with Crippen LogP contribution in [-0.4, -0.2) is 45.6 Å². The predicted octanol–water partition coefficient (Wildman–Crippen LogP) is 1.14. The third kappa shape index (κ3) is 3.61. The number of H-pyrrole nitrogens is 1.